The van der Waals surface area contributed by atoms with Crippen LogP contribution in [-0.4, -0.2) is 33.5 Å². The molecule has 1 N–H and O–H groups in total. The van der Waals surface area contributed by atoms with Crippen LogP contribution in [0.1, 0.15) is 59.7 Å². The van der Waals surface area contributed by atoms with Crippen LogP contribution < -0.4 is 10.1 Å². The Hall–Kier alpha value is -1.82. The van der Waals surface area contributed by atoms with Crippen molar-refractivity contribution >= 4 is 40.1 Å². The lowest BCUT2D eigenvalue weighted by atomic mass is 9.92. The summed E-state index contributed by atoms with van der Waals surface area (Å²) in [5, 5.41) is 12.6. The van der Waals surface area contributed by atoms with Crippen LogP contribution in [0.3, 0.4) is 0 Å². The molecule has 2 aliphatic rings. The average molecular weight is 564 g/mol. The van der Waals surface area contributed by atoms with Crippen LogP contribution in [0.4, 0.5) is 0 Å². The van der Waals surface area contributed by atoms with Gasteiger partial charge in [0.25, 0.3) is 5.91 Å². The second-order valence-electron chi connectivity index (χ2n) is 8.60. The number of alkyl halides is 1. The molecule has 0 saturated heterocycles. The third-order valence-corrected chi connectivity index (χ3v) is 7.49. The van der Waals surface area contributed by atoms with E-state index in [2.05, 4.69) is 57.9 Å². The van der Waals surface area contributed by atoms with E-state index < -0.39 is 0 Å². The summed E-state index contributed by atoms with van der Waals surface area (Å²) >= 11 is 8.55. The maximum Gasteiger partial charge on any atom is 0.251 e. The van der Waals surface area contributed by atoms with Gasteiger partial charge in [0.05, 0.1) is 20.7 Å². The number of carbonyl (C=O) groups excluding carboxylic acids is 1. The maximum absolute atomic E-state index is 12.8. The molecule has 168 valence electrons. The minimum absolute atomic E-state index is 0.0146. The highest BCUT2D eigenvalue weighted by Gasteiger charge is 2.25. The Balaban J connectivity index is 1.28. The lowest BCUT2D eigenvalue weighted by molar-refractivity contribution is 0.0893. The summed E-state index contributed by atoms with van der Waals surface area (Å²) < 4.78 is 6.56. The Labute approximate surface area is 208 Å². The molecule has 1 atom stereocenters. The van der Waals surface area contributed by atoms with E-state index in [-0.39, 0.29) is 18.1 Å². The number of benzene rings is 2. The van der Waals surface area contributed by atoms with Gasteiger partial charge in [0.2, 0.25) is 0 Å². The van der Waals surface area contributed by atoms with Crippen LogP contribution in [0.2, 0.25) is 5.02 Å². The van der Waals surface area contributed by atoms with Gasteiger partial charge in [0.15, 0.2) is 0 Å². The van der Waals surface area contributed by atoms with Crippen LogP contribution in [0.5, 0.6) is 5.75 Å². The number of nitriles is 1. The largest absolute Gasteiger partial charge is 0.490 e. The van der Waals surface area contributed by atoms with Gasteiger partial charge >= 0.3 is 0 Å². The molecule has 5 nitrogen and oxygen atoms in total. The Morgan fingerprint density at radius 2 is 2.00 bits per heavy atom. The molecule has 2 aromatic rings. The number of hydrogen-bond donors (Lipinski definition) is 1. The number of halogens is 2. The van der Waals surface area contributed by atoms with Crippen molar-refractivity contribution in [3.63, 3.8) is 0 Å². The number of rotatable bonds is 5. The minimum atomic E-state index is 0.0146. The van der Waals surface area contributed by atoms with Gasteiger partial charge in [-0.2, -0.15) is 5.26 Å². The van der Waals surface area contributed by atoms with Gasteiger partial charge < -0.3 is 10.1 Å². The molecule has 4 rings (SSSR count). The van der Waals surface area contributed by atoms with Crippen molar-refractivity contribution in [2.75, 3.05) is 6.54 Å². The van der Waals surface area contributed by atoms with Crippen LogP contribution in [0.25, 0.3) is 0 Å². The van der Waals surface area contributed by atoms with Crippen molar-refractivity contribution in [1.82, 2.24) is 10.2 Å². The van der Waals surface area contributed by atoms with E-state index in [4.69, 9.17) is 21.6 Å². The van der Waals surface area contributed by atoms with E-state index in [9.17, 15) is 4.79 Å². The van der Waals surface area contributed by atoms with Gasteiger partial charge in [-0.25, -0.2) is 0 Å². The summed E-state index contributed by atoms with van der Waals surface area (Å²) in [4.78, 5) is 15.3. The molecule has 0 aromatic heterocycles. The molecule has 1 saturated carbocycles. The van der Waals surface area contributed by atoms with Gasteiger partial charge in [-0.3, -0.25) is 9.69 Å². The number of fused-ring (bicyclic) bond motifs is 1. The molecule has 1 fully saturated rings. The third-order valence-electron chi connectivity index (χ3n) is 6.39. The lowest BCUT2D eigenvalue weighted by Crippen LogP contribution is -2.40. The van der Waals surface area contributed by atoms with Crippen LogP contribution in [-0.2, 0) is 13.0 Å². The maximum atomic E-state index is 12.8. The zero-order chi connectivity index (χ0) is 22.7. The Morgan fingerprint density at radius 3 is 2.69 bits per heavy atom. The molecule has 0 spiro atoms. The number of nitrogens with one attached hydrogen (secondary N) is 1. The van der Waals surface area contributed by atoms with Gasteiger partial charge in [-0.15, -0.1) is 0 Å². The first-order valence-corrected chi connectivity index (χ1v) is 12.7. The number of amides is 1. The monoisotopic (exact) mass is 563 g/mol. The molecule has 32 heavy (non-hydrogen) atoms. The highest BCUT2D eigenvalue weighted by molar-refractivity contribution is 14.1. The topological polar surface area (TPSA) is 65.4 Å². The quantitative estimate of drug-likeness (QED) is 0.298. The van der Waals surface area contributed by atoms with E-state index in [0.29, 0.717) is 20.4 Å². The van der Waals surface area contributed by atoms with E-state index in [1.54, 1.807) is 18.2 Å². The minimum Gasteiger partial charge on any atom is -0.490 e. The molecule has 1 heterocycles. The Bertz CT molecular complexity index is 1030. The van der Waals surface area contributed by atoms with E-state index in [1.807, 2.05) is 6.07 Å². The molecule has 1 unspecified atom stereocenters. The van der Waals surface area contributed by atoms with E-state index in [0.717, 1.165) is 50.8 Å². The highest BCUT2D eigenvalue weighted by Crippen LogP contribution is 2.28. The Kier molecular flexibility index (Phi) is 7.59. The average Bonchev–Trinajstić information content (AvgIpc) is 2.79. The SMILES string of the molecule is CC(I)N1CCc2cc(C(=O)N[C@H]3CC[C@H](Oc4ccc(C#N)c(Cl)c4)CC3)ccc2C1. The summed E-state index contributed by atoms with van der Waals surface area (Å²) in [6.45, 7) is 4.21. The summed E-state index contributed by atoms with van der Waals surface area (Å²) in [6, 6.07) is 13.5. The second kappa shape index (κ2) is 10.4. The fourth-order valence-electron chi connectivity index (χ4n) is 4.47. The molecule has 2 aromatic carbocycles. The number of nitrogens with zero attached hydrogens (tertiary/aromatic N) is 2. The van der Waals surface area contributed by atoms with E-state index in [1.165, 1.54) is 11.1 Å². The molecule has 0 radical (unpaired) electrons. The van der Waals surface area contributed by atoms with Crippen molar-refractivity contribution in [2.45, 2.75) is 61.8 Å². The van der Waals surface area contributed by atoms with Crippen molar-refractivity contribution in [3.8, 4) is 11.8 Å². The zero-order valence-corrected chi connectivity index (χ0v) is 21.0. The lowest BCUT2D eigenvalue weighted by Gasteiger charge is -2.31. The van der Waals surface area contributed by atoms with E-state index >= 15 is 0 Å². The molecule has 0 bridgehead atoms. The molecule has 1 aliphatic heterocycles. The first-order valence-electron chi connectivity index (χ1n) is 11.1. The van der Waals surface area contributed by atoms with Crippen LogP contribution >= 0.6 is 34.2 Å². The van der Waals surface area contributed by atoms with Crippen LogP contribution in [0, 0.1) is 11.3 Å². The standard InChI is InChI=1S/C25H27ClIN3O2/c1-16(27)30-11-10-17-12-18(2-3-20(17)15-30)25(31)29-21-5-8-22(9-6-21)32-23-7-4-19(14-28)24(26)13-23/h2-4,7,12-13,16,21-22H,5-6,8-11,15H2,1H3,(H,29,31)/t16?,21-,22-. The summed E-state index contributed by atoms with van der Waals surface area (Å²) in [5.74, 6) is 0.701. The van der Waals surface area contributed by atoms with Crippen molar-refractivity contribution in [3.05, 3.63) is 63.7 Å². The smallest absolute Gasteiger partial charge is 0.251 e. The Morgan fingerprint density at radius 1 is 1.22 bits per heavy atom. The van der Waals surface area contributed by atoms with Crippen molar-refractivity contribution in [2.24, 2.45) is 0 Å². The fraction of sp³-hybridized carbons (Fsp3) is 0.440. The predicted molar refractivity (Wildman–Crippen MR) is 134 cm³/mol. The predicted octanol–water partition coefficient (Wildman–Crippen LogP) is 5.47. The van der Waals surface area contributed by atoms with Crippen LogP contribution in [0.15, 0.2) is 36.4 Å². The number of hydrogen-bond acceptors (Lipinski definition) is 4. The van der Waals surface area contributed by atoms with Gasteiger partial charge in [0, 0.05) is 30.8 Å². The van der Waals surface area contributed by atoms with Gasteiger partial charge in [0.1, 0.15) is 11.8 Å². The van der Waals surface area contributed by atoms with Gasteiger partial charge in [-0.05, 0) is 74.4 Å². The third kappa shape index (κ3) is 5.56. The summed E-state index contributed by atoms with van der Waals surface area (Å²) in [6.07, 6.45) is 4.60. The van der Waals surface area contributed by atoms with Crippen molar-refractivity contribution in [1.29, 1.82) is 5.26 Å². The first-order chi connectivity index (χ1) is 15.4. The molecule has 1 aliphatic carbocycles. The fourth-order valence-corrected chi connectivity index (χ4v) is 5.15. The number of carbonyl (C=O) groups is 1. The van der Waals surface area contributed by atoms with Crippen molar-refractivity contribution < 1.29 is 9.53 Å². The summed E-state index contributed by atoms with van der Waals surface area (Å²) in [5.41, 5.74) is 3.83. The molecule has 7 heteroatoms. The zero-order valence-electron chi connectivity index (χ0n) is 18.1. The second-order valence-corrected chi connectivity index (χ2v) is 10.8. The summed E-state index contributed by atoms with van der Waals surface area (Å²) in [7, 11) is 0. The highest BCUT2D eigenvalue weighted by atomic mass is 127. The number of ether oxygens (including phenoxy) is 1. The molecular formula is C25H27ClIN3O2. The molecular weight excluding hydrogens is 537 g/mol. The van der Waals surface area contributed by atoms with Gasteiger partial charge in [-0.1, -0.05) is 40.3 Å². The first kappa shape index (κ1) is 23.3. The normalized spacial score (nSPS) is 21.8. The molecule has 1 amide bonds.